The molecule has 1 heterocycles. The summed E-state index contributed by atoms with van der Waals surface area (Å²) < 4.78 is 1.73. The Bertz CT molecular complexity index is 479. The summed E-state index contributed by atoms with van der Waals surface area (Å²) in [6.45, 7) is 2.36. The van der Waals surface area contributed by atoms with E-state index in [0.717, 1.165) is 11.3 Å². The molecule has 1 atom stereocenters. The highest BCUT2D eigenvalue weighted by Gasteiger charge is 2.08. The Hall–Kier alpha value is -1.81. The van der Waals surface area contributed by atoms with Crippen LogP contribution in [0, 0.1) is 6.92 Å². The van der Waals surface area contributed by atoms with E-state index in [2.05, 4.69) is 5.10 Å². The van der Waals surface area contributed by atoms with E-state index in [1.54, 1.807) is 16.8 Å². The van der Waals surface area contributed by atoms with Crippen molar-refractivity contribution in [3.05, 3.63) is 47.8 Å². The zero-order chi connectivity index (χ0) is 11.5. The summed E-state index contributed by atoms with van der Waals surface area (Å²) in [4.78, 5) is 0. The van der Waals surface area contributed by atoms with Gasteiger partial charge in [-0.05, 0) is 30.7 Å². The van der Waals surface area contributed by atoms with Crippen LogP contribution in [0.15, 0.2) is 36.5 Å². The Kier molecular flexibility index (Phi) is 2.92. The molecule has 0 bridgehead atoms. The van der Waals surface area contributed by atoms with Crippen molar-refractivity contribution in [1.82, 2.24) is 9.78 Å². The molecule has 1 unspecified atom stereocenters. The molecule has 0 aliphatic carbocycles. The second-order valence-corrected chi connectivity index (χ2v) is 3.87. The fourth-order valence-electron chi connectivity index (χ4n) is 1.61. The number of rotatable bonds is 3. The van der Waals surface area contributed by atoms with Crippen molar-refractivity contribution >= 4 is 5.69 Å². The van der Waals surface area contributed by atoms with Gasteiger partial charge < -0.3 is 10.8 Å². The monoisotopic (exact) mass is 217 g/mol. The topological polar surface area (TPSA) is 64.1 Å². The number of anilines is 1. The maximum Gasteiger partial charge on any atom is 0.0986 e. The van der Waals surface area contributed by atoms with Crippen LogP contribution in [-0.2, 0) is 6.54 Å². The van der Waals surface area contributed by atoms with Crippen LogP contribution in [0.4, 0.5) is 5.69 Å². The standard InChI is InChI=1S/C12H15N3O/c1-9-5-6-15(14-9)8-12(16)10-3-2-4-11(13)7-10/h2-7,12,16H,8,13H2,1H3. The minimum absolute atomic E-state index is 0.442. The Morgan fingerprint density at radius 3 is 2.88 bits per heavy atom. The summed E-state index contributed by atoms with van der Waals surface area (Å²) in [5, 5.41) is 14.2. The van der Waals surface area contributed by atoms with Gasteiger partial charge in [-0.25, -0.2) is 0 Å². The molecule has 2 rings (SSSR count). The van der Waals surface area contributed by atoms with Crippen LogP contribution in [-0.4, -0.2) is 14.9 Å². The molecule has 0 aliphatic rings. The molecule has 0 saturated heterocycles. The third kappa shape index (κ3) is 2.41. The van der Waals surface area contributed by atoms with Crippen molar-refractivity contribution in [3.8, 4) is 0 Å². The van der Waals surface area contributed by atoms with Crippen molar-refractivity contribution in [2.75, 3.05) is 5.73 Å². The fraction of sp³-hybridized carbons (Fsp3) is 0.250. The van der Waals surface area contributed by atoms with Gasteiger partial charge in [-0.15, -0.1) is 0 Å². The highest BCUT2D eigenvalue weighted by molar-refractivity contribution is 5.41. The Labute approximate surface area is 94.3 Å². The largest absolute Gasteiger partial charge is 0.399 e. The minimum Gasteiger partial charge on any atom is -0.399 e. The lowest BCUT2D eigenvalue weighted by atomic mass is 10.1. The fourth-order valence-corrected chi connectivity index (χ4v) is 1.61. The van der Waals surface area contributed by atoms with E-state index in [9.17, 15) is 5.11 Å². The third-order valence-electron chi connectivity index (χ3n) is 2.43. The maximum atomic E-state index is 9.99. The predicted molar refractivity (Wildman–Crippen MR) is 62.8 cm³/mol. The first kappa shape index (κ1) is 10.7. The van der Waals surface area contributed by atoms with Gasteiger partial charge in [-0.2, -0.15) is 5.10 Å². The molecule has 4 nitrogen and oxygen atoms in total. The smallest absolute Gasteiger partial charge is 0.0986 e. The van der Waals surface area contributed by atoms with E-state index >= 15 is 0 Å². The molecule has 0 amide bonds. The number of nitrogens with zero attached hydrogens (tertiary/aromatic N) is 2. The summed E-state index contributed by atoms with van der Waals surface area (Å²) in [6.07, 6.45) is 1.27. The summed E-state index contributed by atoms with van der Waals surface area (Å²) in [5.41, 5.74) is 8.08. The molecule has 0 aliphatic heterocycles. The molecule has 16 heavy (non-hydrogen) atoms. The number of aliphatic hydroxyl groups excluding tert-OH is 1. The van der Waals surface area contributed by atoms with Crippen LogP contribution >= 0.6 is 0 Å². The Balaban J connectivity index is 2.11. The lowest BCUT2D eigenvalue weighted by Gasteiger charge is -2.11. The number of aromatic nitrogens is 2. The van der Waals surface area contributed by atoms with Gasteiger partial charge in [0, 0.05) is 11.9 Å². The number of nitrogen functional groups attached to an aromatic ring is 1. The second kappa shape index (κ2) is 4.37. The van der Waals surface area contributed by atoms with Gasteiger partial charge in [0.05, 0.1) is 18.3 Å². The number of hydrogen-bond acceptors (Lipinski definition) is 3. The average molecular weight is 217 g/mol. The molecule has 0 fully saturated rings. The van der Waals surface area contributed by atoms with Crippen molar-refractivity contribution in [3.63, 3.8) is 0 Å². The van der Waals surface area contributed by atoms with Crippen molar-refractivity contribution in [2.45, 2.75) is 19.6 Å². The molecule has 3 N–H and O–H groups in total. The average Bonchev–Trinajstić information content (AvgIpc) is 2.64. The van der Waals surface area contributed by atoms with Crippen LogP contribution < -0.4 is 5.73 Å². The quantitative estimate of drug-likeness (QED) is 0.766. The van der Waals surface area contributed by atoms with Crippen molar-refractivity contribution < 1.29 is 5.11 Å². The van der Waals surface area contributed by atoms with E-state index in [1.165, 1.54) is 0 Å². The Morgan fingerprint density at radius 1 is 1.44 bits per heavy atom. The molecule has 84 valence electrons. The van der Waals surface area contributed by atoms with Gasteiger partial charge in [-0.1, -0.05) is 12.1 Å². The molecule has 0 saturated carbocycles. The van der Waals surface area contributed by atoms with Gasteiger partial charge in [0.15, 0.2) is 0 Å². The molecule has 1 aromatic heterocycles. The van der Waals surface area contributed by atoms with Crippen molar-refractivity contribution in [1.29, 1.82) is 0 Å². The van der Waals surface area contributed by atoms with Crippen LogP contribution in [0.5, 0.6) is 0 Å². The predicted octanol–water partition coefficient (Wildman–Crippen LogP) is 1.51. The zero-order valence-electron chi connectivity index (χ0n) is 9.17. The SMILES string of the molecule is Cc1ccn(CC(O)c2cccc(N)c2)n1. The molecule has 0 spiro atoms. The molecular formula is C12H15N3O. The third-order valence-corrected chi connectivity index (χ3v) is 2.43. The van der Waals surface area contributed by atoms with Gasteiger partial charge in [0.1, 0.15) is 0 Å². The first-order chi connectivity index (χ1) is 7.65. The first-order valence-corrected chi connectivity index (χ1v) is 5.19. The van der Waals surface area contributed by atoms with Crippen LogP contribution in [0.25, 0.3) is 0 Å². The van der Waals surface area contributed by atoms with Gasteiger partial charge >= 0.3 is 0 Å². The maximum absolute atomic E-state index is 9.99. The van der Waals surface area contributed by atoms with Crippen LogP contribution in [0.1, 0.15) is 17.4 Å². The lowest BCUT2D eigenvalue weighted by Crippen LogP contribution is -2.09. The minimum atomic E-state index is -0.581. The molecule has 4 heteroatoms. The van der Waals surface area contributed by atoms with E-state index in [1.807, 2.05) is 31.3 Å². The van der Waals surface area contributed by atoms with E-state index in [4.69, 9.17) is 5.73 Å². The van der Waals surface area contributed by atoms with Crippen LogP contribution in [0.3, 0.4) is 0 Å². The van der Waals surface area contributed by atoms with E-state index in [-0.39, 0.29) is 0 Å². The lowest BCUT2D eigenvalue weighted by molar-refractivity contribution is 0.151. The first-order valence-electron chi connectivity index (χ1n) is 5.19. The number of benzene rings is 1. The summed E-state index contributed by atoms with van der Waals surface area (Å²) in [7, 11) is 0. The van der Waals surface area contributed by atoms with E-state index in [0.29, 0.717) is 12.2 Å². The number of aryl methyl sites for hydroxylation is 1. The van der Waals surface area contributed by atoms with E-state index < -0.39 is 6.10 Å². The highest BCUT2D eigenvalue weighted by atomic mass is 16.3. The summed E-state index contributed by atoms with van der Waals surface area (Å²) in [6, 6.07) is 9.18. The number of nitrogens with two attached hydrogens (primary N) is 1. The summed E-state index contributed by atoms with van der Waals surface area (Å²) >= 11 is 0. The van der Waals surface area contributed by atoms with Gasteiger partial charge in [0.25, 0.3) is 0 Å². The second-order valence-electron chi connectivity index (χ2n) is 3.87. The van der Waals surface area contributed by atoms with Crippen molar-refractivity contribution in [2.24, 2.45) is 0 Å². The van der Waals surface area contributed by atoms with Gasteiger partial charge in [0.2, 0.25) is 0 Å². The molecule has 0 radical (unpaired) electrons. The number of aliphatic hydroxyl groups is 1. The normalized spacial score (nSPS) is 12.6. The number of hydrogen-bond donors (Lipinski definition) is 2. The van der Waals surface area contributed by atoms with Crippen LogP contribution in [0.2, 0.25) is 0 Å². The molecular weight excluding hydrogens is 202 g/mol. The zero-order valence-corrected chi connectivity index (χ0v) is 9.17. The molecule has 1 aromatic carbocycles. The highest BCUT2D eigenvalue weighted by Crippen LogP contribution is 2.17. The van der Waals surface area contributed by atoms with Gasteiger partial charge in [-0.3, -0.25) is 4.68 Å². The molecule has 2 aromatic rings. The summed E-state index contributed by atoms with van der Waals surface area (Å²) in [5.74, 6) is 0. The Morgan fingerprint density at radius 2 is 2.25 bits per heavy atom.